The van der Waals surface area contributed by atoms with Crippen molar-refractivity contribution in [2.45, 2.75) is 26.7 Å². The lowest BCUT2D eigenvalue weighted by Gasteiger charge is -2.19. The van der Waals surface area contributed by atoms with Gasteiger partial charge in [-0.3, -0.25) is 0 Å². The third kappa shape index (κ3) is 5.21. The van der Waals surface area contributed by atoms with Crippen molar-refractivity contribution in [1.29, 1.82) is 0 Å². The fourth-order valence-corrected chi connectivity index (χ4v) is 2.50. The van der Waals surface area contributed by atoms with E-state index in [2.05, 4.69) is 29.8 Å². The van der Waals surface area contributed by atoms with Gasteiger partial charge in [0.1, 0.15) is 0 Å². The largest absolute Gasteiger partial charge is 0.462 e. The van der Waals surface area contributed by atoms with Crippen molar-refractivity contribution in [2.75, 3.05) is 11.9 Å². The molecule has 0 saturated heterocycles. The minimum atomic E-state index is -0.225. The van der Waals surface area contributed by atoms with Gasteiger partial charge < -0.3 is 4.74 Å². The molecule has 1 aromatic carbocycles. The minimum Gasteiger partial charge on any atom is -0.462 e. The molecule has 1 rings (SSSR count). The number of hydrogen-bond acceptors (Lipinski definition) is 2. The predicted octanol–water partition coefficient (Wildman–Crippen LogP) is 4.29. The van der Waals surface area contributed by atoms with E-state index < -0.39 is 0 Å². The quantitative estimate of drug-likeness (QED) is 0.554. The highest BCUT2D eigenvalue weighted by molar-refractivity contribution is 9.09. The first-order valence-corrected chi connectivity index (χ1v) is 7.55. The van der Waals surface area contributed by atoms with Crippen molar-refractivity contribution >= 4 is 21.9 Å². The Morgan fingerprint density at radius 1 is 1.22 bits per heavy atom. The molecule has 0 amide bonds. The fraction of sp³-hybridized carbons (Fsp3) is 0.533. The number of benzene rings is 1. The molecule has 0 N–H and O–H groups in total. The monoisotopic (exact) mass is 312 g/mol. The van der Waals surface area contributed by atoms with E-state index in [1.165, 1.54) is 0 Å². The molecule has 1 atom stereocenters. The Balaban J connectivity index is 2.35. The summed E-state index contributed by atoms with van der Waals surface area (Å²) in [4.78, 5) is 11.7. The summed E-state index contributed by atoms with van der Waals surface area (Å²) in [5, 5.41) is 1.00. The molecule has 0 aliphatic carbocycles. The van der Waals surface area contributed by atoms with E-state index in [1.807, 2.05) is 18.2 Å². The highest BCUT2D eigenvalue weighted by atomic mass is 79.9. The van der Waals surface area contributed by atoms with Gasteiger partial charge in [-0.15, -0.1) is 0 Å². The normalized spacial score (nSPS) is 12.4. The molecule has 0 aromatic heterocycles. The molecule has 0 aliphatic rings. The Bertz CT molecular complexity index is 349. The van der Waals surface area contributed by atoms with Gasteiger partial charge >= 0.3 is 5.97 Å². The Hall–Kier alpha value is -0.830. The molecule has 0 fully saturated rings. The maximum atomic E-state index is 11.7. The second-order valence-electron chi connectivity index (χ2n) is 4.77. The smallest absolute Gasteiger partial charge is 0.338 e. The molecule has 0 heterocycles. The van der Waals surface area contributed by atoms with Gasteiger partial charge in [0, 0.05) is 5.33 Å². The van der Waals surface area contributed by atoms with Crippen LogP contribution in [-0.2, 0) is 4.74 Å². The summed E-state index contributed by atoms with van der Waals surface area (Å²) in [5.41, 5.74) is 0.624. The Morgan fingerprint density at radius 3 is 2.44 bits per heavy atom. The molecule has 100 valence electrons. The molecule has 1 aromatic rings. The molecular weight excluding hydrogens is 292 g/mol. The number of carbonyl (C=O) groups is 1. The average Bonchev–Trinajstić information content (AvgIpc) is 2.38. The highest BCUT2D eigenvalue weighted by Crippen LogP contribution is 2.20. The van der Waals surface area contributed by atoms with Crippen LogP contribution in [-0.4, -0.2) is 17.9 Å². The van der Waals surface area contributed by atoms with Crippen LogP contribution in [0.4, 0.5) is 0 Å². The van der Waals surface area contributed by atoms with Crippen molar-refractivity contribution in [1.82, 2.24) is 0 Å². The number of alkyl halides is 1. The van der Waals surface area contributed by atoms with Gasteiger partial charge in [0.15, 0.2) is 0 Å². The zero-order chi connectivity index (χ0) is 13.4. The Kier molecular flexibility index (Phi) is 7.02. The molecule has 0 aliphatic heterocycles. The van der Waals surface area contributed by atoms with Crippen LogP contribution < -0.4 is 0 Å². The van der Waals surface area contributed by atoms with E-state index in [1.54, 1.807) is 12.1 Å². The van der Waals surface area contributed by atoms with Crippen LogP contribution >= 0.6 is 15.9 Å². The summed E-state index contributed by atoms with van der Waals surface area (Å²) < 4.78 is 5.30. The van der Waals surface area contributed by atoms with Crippen molar-refractivity contribution in [3.05, 3.63) is 35.9 Å². The van der Waals surface area contributed by atoms with Crippen LogP contribution in [0, 0.1) is 11.8 Å². The number of hydrogen-bond donors (Lipinski definition) is 0. The maximum Gasteiger partial charge on any atom is 0.338 e. The van der Waals surface area contributed by atoms with E-state index in [-0.39, 0.29) is 5.97 Å². The molecule has 0 unspecified atom stereocenters. The third-order valence-electron chi connectivity index (χ3n) is 3.15. The van der Waals surface area contributed by atoms with Crippen molar-refractivity contribution < 1.29 is 9.53 Å². The third-order valence-corrected chi connectivity index (χ3v) is 3.61. The van der Waals surface area contributed by atoms with E-state index in [4.69, 9.17) is 4.74 Å². The zero-order valence-electron chi connectivity index (χ0n) is 11.1. The summed E-state index contributed by atoms with van der Waals surface area (Å²) in [6.45, 7) is 4.93. The molecule has 0 spiro atoms. The van der Waals surface area contributed by atoms with Crippen LogP contribution in [0.5, 0.6) is 0 Å². The predicted molar refractivity (Wildman–Crippen MR) is 78.1 cm³/mol. The van der Waals surface area contributed by atoms with E-state index in [9.17, 15) is 4.79 Å². The van der Waals surface area contributed by atoms with E-state index in [0.29, 0.717) is 24.0 Å². The fourth-order valence-electron chi connectivity index (χ4n) is 1.91. The van der Waals surface area contributed by atoms with Gasteiger partial charge in [-0.25, -0.2) is 4.79 Å². The summed E-state index contributed by atoms with van der Waals surface area (Å²) in [6.07, 6.45) is 2.06. The Morgan fingerprint density at radius 2 is 1.89 bits per heavy atom. The van der Waals surface area contributed by atoms with Gasteiger partial charge in [0.05, 0.1) is 12.2 Å². The molecule has 0 radical (unpaired) electrons. The van der Waals surface area contributed by atoms with Crippen LogP contribution in [0.1, 0.15) is 37.0 Å². The minimum absolute atomic E-state index is 0.225. The van der Waals surface area contributed by atoms with Gasteiger partial charge in [-0.2, -0.15) is 0 Å². The highest BCUT2D eigenvalue weighted by Gasteiger charge is 2.14. The molecule has 3 heteroatoms. The summed E-state index contributed by atoms with van der Waals surface area (Å²) in [5.74, 6) is 1.00. The molecule has 2 nitrogen and oxygen atoms in total. The summed E-state index contributed by atoms with van der Waals surface area (Å²) in [6, 6.07) is 9.14. The van der Waals surface area contributed by atoms with Gasteiger partial charge in [-0.1, -0.05) is 48.0 Å². The number of ether oxygens (including phenoxy) is 1. The number of halogens is 1. The van der Waals surface area contributed by atoms with Gasteiger partial charge in [0.2, 0.25) is 0 Å². The van der Waals surface area contributed by atoms with Crippen LogP contribution in [0.25, 0.3) is 0 Å². The summed E-state index contributed by atoms with van der Waals surface area (Å²) in [7, 11) is 0. The summed E-state index contributed by atoms with van der Waals surface area (Å²) >= 11 is 3.47. The first-order chi connectivity index (χ1) is 8.65. The molecule has 0 saturated carbocycles. The second kappa shape index (κ2) is 8.30. The first kappa shape index (κ1) is 15.2. The first-order valence-electron chi connectivity index (χ1n) is 6.43. The van der Waals surface area contributed by atoms with Crippen molar-refractivity contribution in [3.8, 4) is 0 Å². The van der Waals surface area contributed by atoms with Crippen LogP contribution in [0.2, 0.25) is 0 Å². The molecule has 18 heavy (non-hydrogen) atoms. The van der Waals surface area contributed by atoms with Crippen molar-refractivity contribution in [2.24, 2.45) is 11.8 Å². The topological polar surface area (TPSA) is 26.3 Å². The standard InChI is InChI=1S/C15H21BrO2/c1-12(2)13(8-10-16)9-11-18-15(17)14-6-4-3-5-7-14/h3-7,12-13H,8-11H2,1-2H3/t13-/m1/s1. The lowest BCUT2D eigenvalue weighted by atomic mass is 9.90. The Labute approximate surface area is 118 Å². The van der Waals surface area contributed by atoms with Crippen molar-refractivity contribution in [3.63, 3.8) is 0 Å². The molecule has 0 bridgehead atoms. The van der Waals surface area contributed by atoms with Gasteiger partial charge in [-0.05, 0) is 36.8 Å². The number of rotatable bonds is 7. The average molecular weight is 313 g/mol. The molecular formula is C15H21BrO2. The van der Waals surface area contributed by atoms with E-state index >= 15 is 0 Å². The number of carbonyl (C=O) groups excluding carboxylic acids is 1. The van der Waals surface area contributed by atoms with E-state index in [0.717, 1.165) is 18.2 Å². The second-order valence-corrected chi connectivity index (χ2v) is 5.57. The van der Waals surface area contributed by atoms with Gasteiger partial charge in [0.25, 0.3) is 0 Å². The number of esters is 1. The maximum absolute atomic E-state index is 11.7. The zero-order valence-corrected chi connectivity index (χ0v) is 12.7. The lowest BCUT2D eigenvalue weighted by molar-refractivity contribution is 0.0472. The SMILES string of the molecule is CC(C)[C@H](CCBr)CCOC(=O)c1ccccc1. The van der Waals surface area contributed by atoms with Crippen LogP contribution in [0.3, 0.4) is 0 Å². The lowest BCUT2D eigenvalue weighted by Crippen LogP contribution is -2.14. The van der Waals surface area contributed by atoms with Crippen LogP contribution in [0.15, 0.2) is 30.3 Å².